The van der Waals surface area contributed by atoms with Crippen LogP contribution < -0.4 is 4.90 Å². The Hall–Kier alpha value is -5.28. The van der Waals surface area contributed by atoms with Crippen LogP contribution in [0, 0.1) is 23.7 Å². The van der Waals surface area contributed by atoms with Gasteiger partial charge in [0.15, 0.2) is 0 Å². The molecular formula is C48H39N3. The van der Waals surface area contributed by atoms with Gasteiger partial charge in [-0.25, -0.2) is 0 Å². The predicted molar refractivity (Wildman–Crippen MR) is 208 cm³/mol. The highest BCUT2D eigenvalue weighted by Gasteiger charge is 2.66. The molecule has 2 heterocycles. The minimum atomic E-state index is -0.1000. The molecule has 0 saturated heterocycles. The van der Waals surface area contributed by atoms with E-state index >= 15 is 0 Å². The van der Waals surface area contributed by atoms with E-state index in [-0.39, 0.29) is 10.8 Å². The zero-order valence-corrected chi connectivity index (χ0v) is 29.1. The summed E-state index contributed by atoms with van der Waals surface area (Å²) in [5, 5.41) is 2.22. The maximum atomic E-state index is 5.18. The van der Waals surface area contributed by atoms with E-state index in [2.05, 4.69) is 134 Å². The number of hydrogen-bond acceptors (Lipinski definition) is 3. The summed E-state index contributed by atoms with van der Waals surface area (Å²) in [6.07, 6.45) is 9.55. The van der Waals surface area contributed by atoms with Gasteiger partial charge in [0.1, 0.15) is 0 Å². The third-order valence-electron chi connectivity index (χ3n) is 14.1. The number of aromatic nitrogens is 2. The Morgan fingerprint density at radius 3 is 2.27 bits per heavy atom. The number of hydrogen-bond donors (Lipinski definition) is 0. The van der Waals surface area contributed by atoms with Gasteiger partial charge in [0, 0.05) is 39.1 Å². The molecule has 246 valence electrons. The Morgan fingerprint density at radius 1 is 0.588 bits per heavy atom. The molecule has 0 amide bonds. The van der Waals surface area contributed by atoms with Crippen LogP contribution in [-0.4, -0.2) is 9.97 Å². The molecule has 5 atom stereocenters. The molecule has 2 aromatic heterocycles. The fourth-order valence-corrected chi connectivity index (χ4v) is 12.3. The molecule has 6 aliphatic carbocycles. The quantitative estimate of drug-likeness (QED) is 0.177. The normalized spacial score (nSPS) is 25.4. The molecule has 3 heteroatoms. The van der Waals surface area contributed by atoms with E-state index in [0.29, 0.717) is 0 Å². The van der Waals surface area contributed by atoms with Crippen LogP contribution in [0.5, 0.6) is 0 Å². The zero-order chi connectivity index (χ0) is 33.6. The topological polar surface area (TPSA) is 29.0 Å². The SMILES string of the molecule is CC1(C)c2ccccc2-c2ccc(N(c3cnc4c(ccc5cccnc54)c3)c3cccc4c3-c3ccccc3C43C4CC5CC(C4)C3C5)cc21. The first-order valence-electron chi connectivity index (χ1n) is 18.9. The largest absolute Gasteiger partial charge is 0.308 e. The molecule has 5 unspecified atom stereocenters. The van der Waals surface area contributed by atoms with Crippen molar-refractivity contribution in [2.75, 3.05) is 4.90 Å². The van der Waals surface area contributed by atoms with E-state index in [1.54, 1.807) is 11.1 Å². The first kappa shape index (κ1) is 28.4. The van der Waals surface area contributed by atoms with Crippen molar-refractivity contribution in [1.29, 1.82) is 0 Å². The Bertz CT molecular complexity index is 2630. The van der Waals surface area contributed by atoms with Crippen molar-refractivity contribution in [2.24, 2.45) is 23.7 Å². The Morgan fingerprint density at radius 2 is 1.37 bits per heavy atom. The maximum absolute atomic E-state index is 5.18. The molecule has 0 aliphatic heterocycles. The minimum absolute atomic E-state index is 0.1000. The molecule has 4 saturated carbocycles. The minimum Gasteiger partial charge on any atom is -0.308 e. The molecule has 13 rings (SSSR count). The summed E-state index contributed by atoms with van der Waals surface area (Å²) < 4.78 is 0. The lowest BCUT2D eigenvalue weighted by Crippen LogP contribution is -2.40. The van der Waals surface area contributed by atoms with Crippen molar-refractivity contribution in [3.63, 3.8) is 0 Å². The predicted octanol–water partition coefficient (Wildman–Crippen LogP) is 11.9. The van der Waals surface area contributed by atoms with Crippen LogP contribution in [0.15, 0.2) is 128 Å². The third-order valence-corrected chi connectivity index (χ3v) is 14.1. The van der Waals surface area contributed by atoms with Crippen molar-refractivity contribution in [1.82, 2.24) is 9.97 Å². The van der Waals surface area contributed by atoms with Crippen molar-refractivity contribution < 1.29 is 0 Å². The summed E-state index contributed by atoms with van der Waals surface area (Å²) in [4.78, 5) is 12.5. The van der Waals surface area contributed by atoms with Gasteiger partial charge in [-0.3, -0.25) is 9.97 Å². The molecule has 6 aliphatic rings. The van der Waals surface area contributed by atoms with Gasteiger partial charge in [-0.2, -0.15) is 0 Å². The fraction of sp³-hybridized carbons (Fsp3) is 0.250. The summed E-state index contributed by atoms with van der Waals surface area (Å²) in [6.45, 7) is 4.76. The molecule has 0 radical (unpaired) electrons. The second kappa shape index (κ2) is 9.73. The van der Waals surface area contributed by atoms with E-state index in [1.165, 1.54) is 70.4 Å². The first-order chi connectivity index (χ1) is 25.0. The number of benzene rings is 5. The maximum Gasteiger partial charge on any atom is 0.0966 e. The smallest absolute Gasteiger partial charge is 0.0966 e. The van der Waals surface area contributed by atoms with Crippen molar-refractivity contribution in [3.8, 4) is 22.3 Å². The lowest BCUT2D eigenvalue weighted by molar-refractivity contribution is 0.191. The average molecular weight is 658 g/mol. The Kier molecular flexibility index (Phi) is 5.42. The average Bonchev–Trinajstić information content (AvgIpc) is 3.79. The van der Waals surface area contributed by atoms with E-state index in [9.17, 15) is 0 Å². The molecule has 7 aromatic rings. The highest BCUT2D eigenvalue weighted by Crippen LogP contribution is 2.73. The van der Waals surface area contributed by atoms with Gasteiger partial charge >= 0.3 is 0 Å². The zero-order valence-electron chi connectivity index (χ0n) is 29.1. The summed E-state index contributed by atoms with van der Waals surface area (Å²) in [6, 6.07) is 43.7. The second-order valence-corrected chi connectivity index (χ2v) is 16.6. The lowest BCUT2D eigenvalue weighted by atomic mass is 9.59. The molecular weight excluding hydrogens is 619 g/mol. The van der Waals surface area contributed by atoms with Crippen molar-refractivity contribution in [2.45, 2.75) is 50.4 Å². The number of rotatable bonds is 3. The Labute approximate surface area is 299 Å². The van der Waals surface area contributed by atoms with E-state index in [0.717, 1.165) is 51.2 Å². The van der Waals surface area contributed by atoms with E-state index < -0.39 is 0 Å². The molecule has 0 N–H and O–H groups in total. The monoisotopic (exact) mass is 657 g/mol. The molecule has 5 aromatic carbocycles. The van der Waals surface area contributed by atoms with Crippen LogP contribution >= 0.6 is 0 Å². The van der Waals surface area contributed by atoms with Crippen LogP contribution in [0.25, 0.3) is 44.1 Å². The van der Waals surface area contributed by atoms with Crippen molar-refractivity contribution >= 4 is 38.9 Å². The highest BCUT2D eigenvalue weighted by molar-refractivity contribution is 6.04. The van der Waals surface area contributed by atoms with Crippen LogP contribution in [0.4, 0.5) is 17.1 Å². The van der Waals surface area contributed by atoms with Crippen LogP contribution in [0.3, 0.4) is 0 Å². The van der Waals surface area contributed by atoms with Crippen molar-refractivity contribution in [3.05, 3.63) is 150 Å². The molecule has 4 bridgehead atoms. The first-order valence-corrected chi connectivity index (χ1v) is 18.9. The Balaban J connectivity index is 1.12. The van der Waals surface area contributed by atoms with Gasteiger partial charge in [-0.05, 0) is 119 Å². The van der Waals surface area contributed by atoms with Gasteiger partial charge in [0.05, 0.1) is 28.6 Å². The summed E-state index contributed by atoms with van der Waals surface area (Å²) in [5.41, 5.74) is 16.9. The van der Waals surface area contributed by atoms with Gasteiger partial charge in [0.2, 0.25) is 0 Å². The third kappa shape index (κ3) is 3.50. The molecule has 4 fully saturated rings. The van der Waals surface area contributed by atoms with E-state index in [4.69, 9.17) is 9.97 Å². The van der Waals surface area contributed by atoms with Gasteiger partial charge in [-0.1, -0.05) is 98.8 Å². The fourth-order valence-electron chi connectivity index (χ4n) is 12.3. The summed E-state index contributed by atoms with van der Waals surface area (Å²) in [7, 11) is 0. The van der Waals surface area contributed by atoms with E-state index in [1.807, 2.05) is 12.3 Å². The molecule has 1 spiro atoms. The second-order valence-electron chi connectivity index (χ2n) is 16.6. The molecule has 3 nitrogen and oxygen atoms in total. The lowest BCUT2D eigenvalue weighted by Gasteiger charge is -2.44. The number of nitrogens with zero attached hydrogens (tertiary/aromatic N) is 3. The van der Waals surface area contributed by atoms with Gasteiger partial charge in [0.25, 0.3) is 0 Å². The van der Waals surface area contributed by atoms with Gasteiger partial charge in [-0.15, -0.1) is 0 Å². The summed E-state index contributed by atoms with van der Waals surface area (Å²) >= 11 is 0. The number of pyridine rings is 2. The number of fused-ring (bicyclic) bond motifs is 9. The standard InChI is InChI=1S/C48H39N3/c1-47(2)38-12-5-3-10-35(38)36-19-18-33(26-42(36)47)51(34-25-30-17-16-29-9-8-20-49-45(29)46(30)50-27-34)43-15-7-14-40-44(43)37-11-4-6-13-39(37)48(40)32-22-28-21-31(24-32)41(48)23-28/h3-20,25-28,31-32,41H,21-24H2,1-2H3. The van der Waals surface area contributed by atoms with Crippen LogP contribution in [0.2, 0.25) is 0 Å². The molecule has 51 heavy (non-hydrogen) atoms. The number of anilines is 3. The van der Waals surface area contributed by atoms with Crippen LogP contribution in [-0.2, 0) is 10.8 Å². The summed E-state index contributed by atoms with van der Waals surface area (Å²) in [5.74, 6) is 3.26. The van der Waals surface area contributed by atoms with Gasteiger partial charge < -0.3 is 4.90 Å². The highest BCUT2D eigenvalue weighted by atomic mass is 15.2. The van der Waals surface area contributed by atoms with Crippen LogP contribution in [0.1, 0.15) is 61.8 Å².